The third-order valence-electron chi connectivity index (χ3n) is 3.87. The maximum atomic E-state index is 11.7. The van der Waals surface area contributed by atoms with Gasteiger partial charge in [-0.2, -0.15) is 0 Å². The lowest BCUT2D eigenvalue weighted by atomic mass is 10.1. The minimum absolute atomic E-state index is 0.0546. The summed E-state index contributed by atoms with van der Waals surface area (Å²) in [6.45, 7) is 4.28. The topological polar surface area (TPSA) is 61.8 Å². The number of unbranched alkanes of at least 4 members (excludes halogenated alkanes) is 2. The molecule has 0 fully saturated rings. The van der Waals surface area contributed by atoms with Crippen LogP contribution in [0.4, 0.5) is 0 Å². The number of rotatable bonds is 12. The fourth-order valence-electron chi connectivity index (χ4n) is 2.36. The molecule has 0 saturated heterocycles. The fourth-order valence-corrected chi connectivity index (χ4v) is 2.36. The van der Waals surface area contributed by atoms with Gasteiger partial charge in [-0.05, 0) is 43.9 Å². The molecule has 0 aromatic heterocycles. The summed E-state index contributed by atoms with van der Waals surface area (Å²) < 4.78 is 15.6. The molecule has 1 unspecified atom stereocenters. The van der Waals surface area contributed by atoms with Crippen molar-refractivity contribution < 1.29 is 23.8 Å². The van der Waals surface area contributed by atoms with Gasteiger partial charge in [-0.3, -0.25) is 9.59 Å². The van der Waals surface area contributed by atoms with Crippen LogP contribution < -0.4 is 4.74 Å². The maximum absolute atomic E-state index is 11.7. The first-order valence-electron chi connectivity index (χ1n) is 9.03. The van der Waals surface area contributed by atoms with Crippen LogP contribution in [0.3, 0.4) is 0 Å². The van der Waals surface area contributed by atoms with E-state index in [-0.39, 0.29) is 37.5 Å². The summed E-state index contributed by atoms with van der Waals surface area (Å²) in [5, 5.41) is 0. The molecule has 0 saturated carbocycles. The molecule has 1 atom stereocenters. The number of hydrogen-bond acceptors (Lipinski definition) is 5. The Balaban J connectivity index is 2.13. The third-order valence-corrected chi connectivity index (χ3v) is 3.87. The molecule has 1 aromatic rings. The van der Waals surface area contributed by atoms with Crippen LogP contribution in [0.1, 0.15) is 64.4 Å². The number of methoxy groups -OCH3 is 1. The van der Waals surface area contributed by atoms with E-state index in [1.165, 1.54) is 0 Å². The standard InChI is InChI=1S/C20H30O5/c1-4-5-6-8-16(2)25-20(22)10-7-9-19(21)24-15-17-11-13-18(23-3)14-12-17/h11-14,16H,4-10,15H2,1-3H3. The van der Waals surface area contributed by atoms with Gasteiger partial charge in [0.05, 0.1) is 13.2 Å². The van der Waals surface area contributed by atoms with Crippen LogP contribution in [-0.4, -0.2) is 25.2 Å². The molecule has 0 amide bonds. The van der Waals surface area contributed by atoms with Gasteiger partial charge in [0.1, 0.15) is 12.4 Å². The molecule has 0 bridgehead atoms. The Bertz CT molecular complexity index is 509. The van der Waals surface area contributed by atoms with E-state index in [1.807, 2.05) is 31.2 Å². The van der Waals surface area contributed by atoms with Crippen molar-refractivity contribution in [2.45, 2.75) is 71.5 Å². The second-order valence-electron chi connectivity index (χ2n) is 6.16. The molecule has 0 spiro atoms. The SMILES string of the molecule is CCCCCC(C)OC(=O)CCCC(=O)OCc1ccc(OC)cc1. The summed E-state index contributed by atoms with van der Waals surface area (Å²) in [4.78, 5) is 23.4. The second kappa shape index (κ2) is 12.3. The van der Waals surface area contributed by atoms with Crippen molar-refractivity contribution in [1.29, 1.82) is 0 Å². The van der Waals surface area contributed by atoms with E-state index in [9.17, 15) is 9.59 Å². The quantitative estimate of drug-likeness (QED) is 0.412. The highest BCUT2D eigenvalue weighted by molar-refractivity contribution is 5.72. The molecule has 0 aliphatic carbocycles. The van der Waals surface area contributed by atoms with E-state index >= 15 is 0 Å². The number of benzene rings is 1. The molecule has 5 nitrogen and oxygen atoms in total. The summed E-state index contributed by atoms with van der Waals surface area (Å²) >= 11 is 0. The average Bonchev–Trinajstić information content (AvgIpc) is 2.60. The highest BCUT2D eigenvalue weighted by Gasteiger charge is 2.11. The highest BCUT2D eigenvalue weighted by Crippen LogP contribution is 2.13. The van der Waals surface area contributed by atoms with E-state index in [1.54, 1.807) is 7.11 Å². The Kier molecular flexibility index (Phi) is 10.4. The fraction of sp³-hybridized carbons (Fsp3) is 0.600. The highest BCUT2D eigenvalue weighted by atomic mass is 16.5. The first-order chi connectivity index (χ1) is 12.0. The van der Waals surface area contributed by atoms with Crippen LogP contribution in [0.5, 0.6) is 5.75 Å². The minimum atomic E-state index is -0.306. The van der Waals surface area contributed by atoms with Crippen LogP contribution in [0, 0.1) is 0 Å². The van der Waals surface area contributed by atoms with Gasteiger partial charge in [-0.1, -0.05) is 31.9 Å². The van der Waals surface area contributed by atoms with Crippen LogP contribution in [0.25, 0.3) is 0 Å². The van der Waals surface area contributed by atoms with Crippen LogP contribution >= 0.6 is 0 Å². The monoisotopic (exact) mass is 350 g/mol. The number of ether oxygens (including phenoxy) is 3. The zero-order valence-electron chi connectivity index (χ0n) is 15.6. The van der Waals surface area contributed by atoms with Gasteiger partial charge in [0.15, 0.2) is 0 Å². The van der Waals surface area contributed by atoms with Crippen molar-refractivity contribution in [2.75, 3.05) is 7.11 Å². The largest absolute Gasteiger partial charge is 0.497 e. The molecule has 1 aromatic carbocycles. The molecule has 0 heterocycles. The Morgan fingerprint density at radius 3 is 2.32 bits per heavy atom. The lowest BCUT2D eigenvalue weighted by molar-refractivity contribution is -0.149. The third kappa shape index (κ3) is 9.75. The van der Waals surface area contributed by atoms with Gasteiger partial charge in [-0.15, -0.1) is 0 Å². The summed E-state index contributed by atoms with van der Waals surface area (Å²) in [5.74, 6) is 0.212. The Hall–Kier alpha value is -2.04. The lowest BCUT2D eigenvalue weighted by Gasteiger charge is -2.12. The van der Waals surface area contributed by atoms with Crippen molar-refractivity contribution in [2.24, 2.45) is 0 Å². The number of hydrogen-bond donors (Lipinski definition) is 0. The van der Waals surface area contributed by atoms with Crippen LogP contribution in [0.2, 0.25) is 0 Å². The predicted octanol–water partition coefficient (Wildman–Crippen LogP) is 4.42. The van der Waals surface area contributed by atoms with Crippen molar-refractivity contribution in [3.8, 4) is 5.75 Å². The van der Waals surface area contributed by atoms with E-state index in [0.717, 1.165) is 37.0 Å². The van der Waals surface area contributed by atoms with E-state index in [4.69, 9.17) is 14.2 Å². The molecule has 5 heteroatoms. The van der Waals surface area contributed by atoms with Gasteiger partial charge in [0.2, 0.25) is 0 Å². The van der Waals surface area contributed by atoms with Crippen molar-refractivity contribution in [3.05, 3.63) is 29.8 Å². The number of esters is 2. The molecule has 140 valence electrons. The van der Waals surface area contributed by atoms with Crippen molar-refractivity contribution >= 4 is 11.9 Å². The normalized spacial score (nSPS) is 11.6. The van der Waals surface area contributed by atoms with Gasteiger partial charge in [-0.25, -0.2) is 0 Å². The average molecular weight is 350 g/mol. The minimum Gasteiger partial charge on any atom is -0.497 e. The van der Waals surface area contributed by atoms with Crippen LogP contribution in [-0.2, 0) is 25.7 Å². The smallest absolute Gasteiger partial charge is 0.306 e. The van der Waals surface area contributed by atoms with E-state index in [0.29, 0.717) is 6.42 Å². The predicted molar refractivity (Wildman–Crippen MR) is 96.3 cm³/mol. The molecular weight excluding hydrogens is 320 g/mol. The first kappa shape index (κ1) is 21.0. The maximum Gasteiger partial charge on any atom is 0.306 e. The van der Waals surface area contributed by atoms with Crippen molar-refractivity contribution in [3.63, 3.8) is 0 Å². The van der Waals surface area contributed by atoms with Gasteiger partial charge < -0.3 is 14.2 Å². The van der Waals surface area contributed by atoms with Crippen LogP contribution in [0.15, 0.2) is 24.3 Å². The molecule has 0 aliphatic rings. The van der Waals surface area contributed by atoms with E-state index in [2.05, 4.69) is 6.92 Å². The summed E-state index contributed by atoms with van der Waals surface area (Å²) in [6, 6.07) is 7.34. The molecular formula is C20H30O5. The zero-order chi connectivity index (χ0) is 18.5. The Morgan fingerprint density at radius 2 is 1.68 bits per heavy atom. The zero-order valence-corrected chi connectivity index (χ0v) is 15.6. The molecule has 0 radical (unpaired) electrons. The van der Waals surface area contributed by atoms with Crippen molar-refractivity contribution in [1.82, 2.24) is 0 Å². The molecule has 0 N–H and O–H groups in total. The summed E-state index contributed by atoms with van der Waals surface area (Å²) in [6.07, 6.45) is 5.13. The number of carbonyl (C=O) groups is 2. The summed E-state index contributed by atoms with van der Waals surface area (Å²) in [7, 11) is 1.60. The van der Waals surface area contributed by atoms with Gasteiger partial charge in [0.25, 0.3) is 0 Å². The molecule has 0 aliphatic heterocycles. The van der Waals surface area contributed by atoms with Gasteiger partial charge >= 0.3 is 11.9 Å². The summed E-state index contributed by atoms with van der Waals surface area (Å²) in [5.41, 5.74) is 0.898. The Morgan fingerprint density at radius 1 is 1.00 bits per heavy atom. The Labute approximate surface area is 150 Å². The van der Waals surface area contributed by atoms with E-state index < -0.39 is 0 Å². The van der Waals surface area contributed by atoms with Gasteiger partial charge in [0, 0.05) is 12.8 Å². The second-order valence-corrected chi connectivity index (χ2v) is 6.16. The molecule has 25 heavy (non-hydrogen) atoms. The lowest BCUT2D eigenvalue weighted by Crippen LogP contribution is -2.15. The first-order valence-corrected chi connectivity index (χ1v) is 9.03. The molecule has 1 rings (SSSR count). The number of carbonyl (C=O) groups excluding carboxylic acids is 2.